The number of amides is 2. The van der Waals surface area contributed by atoms with Gasteiger partial charge in [0.2, 0.25) is 11.8 Å². The molecule has 4 aliphatic rings. The molecule has 2 N–H and O–H groups in total. The average molecular weight is 318 g/mol. The molecule has 7 heteroatoms. The Morgan fingerprint density at radius 1 is 0.909 bits per heavy atom. The molecule has 0 aliphatic heterocycles. The van der Waals surface area contributed by atoms with Crippen LogP contribution in [0.1, 0.15) is 38.5 Å². The van der Waals surface area contributed by atoms with E-state index >= 15 is 0 Å². The molecule has 2 amide bonds. The van der Waals surface area contributed by atoms with E-state index in [2.05, 4.69) is 5.32 Å². The summed E-state index contributed by atoms with van der Waals surface area (Å²) in [4.78, 5) is 23.3. The molecule has 0 atom stereocenters. The monoisotopic (exact) mass is 318 g/mol. The molecule has 0 radical (unpaired) electrons. The van der Waals surface area contributed by atoms with Crippen LogP contribution in [-0.4, -0.2) is 30.6 Å². The smallest absolute Gasteiger partial charge is 0.352 e. The highest BCUT2D eigenvalue weighted by molar-refractivity contribution is 5.97. The van der Waals surface area contributed by atoms with E-state index in [9.17, 15) is 22.8 Å². The fourth-order valence-corrected chi connectivity index (χ4v) is 4.80. The molecule has 4 nitrogen and oxygen atoms in total. The molecule has 0 aromatic heterocycles. The van der Waals surface area contributed by atoms with E-state index in [1.165, 1.54) is 6.42 Å². The van der Waals surface area contributed by atoms with E-state index < -0.39 is 31.0 Å². The summed E-state index contributed by atoms with van der Waals surface area (Å²) in [7, 11) is 0. The van der Waals surface area contributed by atoms with Crippen LogP contribution in [0.2, 0.25) is 0 Å². The first-order valence-electron chi connectivity index (χ1n) is 7.93. The van der Waals surface area contributed by atoms with Crippen LogP contribution in [0.5, 0.6) is 0 Å². The number of hydrogen-bond acceptors (Lipinski definition) is 2. The van der Waals surface area contributed by atoms with Crippen molar-refractivity contribution in [2.45, 2.75) is 50.7 Å². The van der Waals surface area contributed by atoms with Gasteiger partial charge in [0.1, 0.15) is 13.0 Å². The van der Waals surface area contributed by atoms with Crippen molar-refractivity contribution in [2.24, 2.45) is 23.7 Å². The second-order valence-corrected chi connectivity index (χ2v) is 7.09. The lowest BCUT2D eigenvalue weighted by molar-refractivity contribution is -0.141. The minimum atomic E-state index is -4.45. The van der Waals surface area contributed by atoms with Gasteiger partial charge in [-0.25, -0.2) is 0 Å². The summed E-state index contributed by atoms with van der Waals surface area (Å²) in [5, 5.41) is 4.64. The Bertz CT molecular complexity index is 436. The molecule has 0 saturated heterocycles. The first kappa shape index (κ1) is 15.6. The fraction of sp³-hybridized carbons (Fsp3) is 0.867. The molecular formula is C15H21F3N2O2. The van der Waals surface area contributed by atoms with E-state index in [1.807, 2.05) is 0 Å². The van der Waals surface area contributed by atoms with Crippen LogP contribution in [0.15, 0.2) is 0 Å². The van der Waals surface area contributed by atoms with Gasteiger partial charge >= 0.3 is 6.18 Å². The van der Waals surface area contributed by atoms with Crippen molar-refractivity contribution in [1.29, 1.82) is 0 Å². The van der Waals surface area contributed by atoms with Gasteiger partial charge in [-0.15, -0.1) is 0 Å². The van der Waals surface area contributed by atoms with Gasteiger partial charge in [-0.1, -0.05) is 0 Å². The van der Waals surface area contributed by atoms with Gasteiger partial charge in [0.05, 0.1) is 0 Å². The number of hydrogen-bond donors (Lipinski definition) is 2. The van der Waals surface area contributed by atoms with Crippen molar-refractivity contribution in [3.63, 3.8) is 0 Å². The number of alkyl halides is 3. The number of carbonyl (C=O) groups is 2. The normalized spacial score (nSPS) is 36.2. The number of rotatable bonds is 4. The number of nitrogens with one attached hydrogen (secondary N) is 2. The predicted molar refractivity (Wildman–Crippen MR) is 72.7 cm³/mol. The third-order valence-corrected chi connectivity index (χ3v) is 5.36. The summed E-state index contributed by atoms with van der Waals surface area (Å²) in [6.45, 7) is -1.39. The Morgan fingerprint density at radius 2 is 1.45 bits per heavy atom. The highest BCUT2D eigenvalue weighted by atomic mass is 19.4. The Hall–Kier alpha value is -1.27. The molecule has 0 unspecified atom stereocenters. The maximum absolute atomic E-state index is 12.0. The molecule has 0 aromatic carbocycles. The zero-order valence-corrected chi connectivity index (χ0v) is 12.3. The SMILES string of the molecule is O=C(CC(=O)NC1C2CC3CC(C2)CC1C3)NCC(F)(F)F. The Morgan fingerprint density at radius 3 is 1.95 bits per heavy atom. The summed E-state index contributed by atoms with van der Waals surface area (Å²) in [5.74, 6) is 1.20. The minimum absolute atomic E-state index is 0.107. The van der Waals surface area contributed by atoms with E-state index in [1.54, 1.807) is 5.32 Å². The maximum Gasteiger partial charge on any atom is 0.405 e. The second kappa shape index (κ2) is 5.74. The minimum Gasteiger partial charge on any atom is -0.352 e. The van der Waals surface area contributed by atoms with Crippen molar-refractivity contribution >= 4 is 11.8 Å². The van der Waals surface area contributed by atoms with Gasteiger partial charge < -0.3 is 10.6 Å². The highest BCUT2D eigenvalue weighted by Crippen LogP contribution is 2.53. The third kappa shape index (κ3) is 3.55. The Balaban J connectivity index is 1.47. The first-order valence-corrected chi connectivity index (χ1v) is 7.93. The third-order valence-electron chi connectivity index (χ3n) is 5.36. The van der Waals surface area contributed by atoms with Gasteiger partial charge in [-0.2, -0.15) is 13.2 Å². The zero-order valence-electron chi connectivity index (χ0n) is 12.3. The van der Waals surface area contributed by atoms with Crippen molar-refractivity contribution in [3.8, 4) is 0 Å². The molecule has 4 rings (SSSR count). The summed E-state index contributed by atoms with van der Waals surface area (Å²) in [5.41, 5.74) is 0. The maximum atomic E-state index is 12.0. The second-order valence-electron chi connectivity index (χ2n) is 7.09. The molecule has 4 aliphatic carbocycles. The molecule has 0 spiro atoms. The number of carbonyl (C=O) groups excluding carboxylic acids is 2. The summed E-state index contributed by atoms with van der Waals surface area (Å²) in [6, 6.07) is 0.107. The van der Waals surface area contributed by atoms with Crippen LogP contribution < -0.4 is 10.6 Å². The van der Waals surface area contributed by atoms with Crippen LogP contribution in [0, 0.1) is 23.7 Å². The van der Waals surface area contributed by atoms with E-state index in [0.717, 1.165) is 37.5 Å². The van der Waals surface area contributed by atoms with Crippen molar-refractivity contribution in [2.75, 3.05) is 6.54 Å². The summed E-state index contributed by atoms with van der Waals surface area (Å²) >= 11 is 0. The van der Waals surface area contributed by atoms with Crippen molar-refractivity contribution in [3.05, 3.63) is 0 Å². The van der Waals surface area contributed by atoms with Crippen molar-refractivity contribution < 1.29 is 22.8 Å². The molecule has 0 aromatic rings. The van der Waals surface area contributed by atoms with E-state index in [4.69, 9.17) is 0 Å². The van der Waals surface area contributed by atoms with Crippen LogP contribution in [0.3, 0.4) is 0 Å². The molecule has 22 heavy (non-hydrogen) atoms. The van der Waals surface area contributed by atoms with Gasteiger partial charge in [0, 0.05) is 6.04 Å². The van der Waals surface area contributed by atoms with Crippen molar-refractivity contribution in [1.82, 2.24) is 10.6 Å². The Kier molecular flexibility index (Phi) is 4.07. The lowest BCUT2D eigenvalue weighted by atomic mass is 9.54. The first-order chi connectivity index (χ1) is 10.3. The molecule has 124 valence electrons. The summed E-state index contributed by atoms with van der Waals surface area (Å²) in [6.07, 6.45) is 0.882. The van der Waals surface area contributed by atoms with Gasteiger partial charge in [0.25, 0.3) is 0 Å². The van der Waals surface area contributed by atoms with Crippen LogP contribution in [0.25, 0.3) is 0 Å². The topological polar surface area (TPSA) is 58.2 Å². The molecular weight excluding hydrogens is 297 g/mol. The van der Waals surface area contributed by atoms with Crippen LogP contribution in [0.4, 0.5) is 13.2 Å². The summed E-state index contributed by atoms with van der Waals surface area (Å²) < 4.78 is 36.0. The van der Waals surface area contributed by atoms with Crippen LogP contribution in [-0.2, 0) is 9.59 Å². The van der Waals surface area contributed by atoms with Gasteiger partial charge in [0.15, 0.2) is 0 Å². The fourth-order valence-electron chi connectivity index (χ4n) is 4.80. The highest BCUT2D eigenvalue weighted by Gasteiger charge is 2.48. The zero-order chi connectivity index (χ0) is 15.9. The molecule has 4 fully saturated rings. The van der Waals surface area contributed by atoms with Crippen LogP contribution >= 0.6 is 0 Å². The van der Waals surface area contributed by atoms with E-state index in [-0.39, 0.29) is 6.04 Å². The lowest BCUT2D eigenvalue weighted by Gasteiger charge is -2.54. The Labute approximate surface area is 127 Å². The average Bonchev–Trinajstić information content (AvgIpc) is 2.39. The van der Waals surface area contributed by atoms with Gasteiger partial charge in [-0.05, 0) is 55.8 Å². The molecule has 4 bridgehead atoms. The predicted octanol–water partition coefficient (Wildman–Crippen LogP) is 2.00. The lowest BCUT2D eigenvalue weighted by Crippen LogP contribution is -2.56. The molecule has 0 heterocycles. The number of halogens is 3. The van der Waals surface area contributed by atoms with Gasteiger partial charge in [-0.3, -0.25) is 9.59 Å². The molecule has 4 saturated carbocycles. The van der Waals surface area contributed by atoms with E-state index in [0.29, 0.717) is 11.8 Å². The largest absolute Gasteiger partial charge is 0.405 e. The quantitative estimate of drug-likeness (QED) is 0.779. The standard InChI is InChI=1S/C15H21F3N2O2/c16-15(17,18)7-19-12(21)6-13(22)20-14-10-2-8-1-9(4-10)5-11(14)3-8/h8-11,14H,1-7H2,(H,19,21)(H,20,22).